The first-order valence-corrected chi connectivity index (χ1v) is 19.3. The summed E-state index contributed by atoms with van der Waals surface area (Å²) in [5, 5.41) is 12.5. The van der Waals surface area contributed by atoms with E-state index in [4.69, 9.17) is 19.0 Å². The number of anilines is 1. The van der Waals surface area contributed by atoms with Gasteiger partial charge in [0.1, 0.15) is 28.5 Å². The number of rotatable bonds is 13. The highest BCUT2D eigenvalue weighted by atomic mass is 32.2. The Hall–Kier alpha value is -4.77. The van der Waals surface area contributed by atoms with E-state index in [9.17, 15) is 41.7 Å². The van der Waals surface area contributed by atoms with Crippen molar-refractivity contribution in [3.8, 4) is 0 Å². The molecule has 23 heteroatoms. The molecule has 55 heavy (non-hydrogen) atoms. The van der Waals surface area contributed by atoms with E-state index in [0.29, 0.717) is 0 Å². The van der Waals surface area contributed by atoms with Crippen LogP contribution in [0.5, 0.6) is 0 Å². The van der Waals surface area contributed by atoms with Crippen LogP contribution in [-0.4, -0.2) is 141 Å². The minimum absolute atomic E-state index is 0.0234. The van der Waals surface area contributed by atoms with Crippen LogP contribution in [0.2, 0.25) is 0 Å². The number of urea groups is 1. The summed E-state index contributed by atoms with van der Waals surface area (Å²) in [5.74, 6) is -3.18. The fourth-order valence-corrected chi connectivity index (χ4v) is 6.38. The number of esters is 1. The van der Waals surface area contributed by atoms with Gasteiger partial charge in [-0.3, -0.25) is 19.5 Å². The van der Waals surface area contributed by atoms with Gasteiger partial charge in [-0.1, -0.05) is 5.16 Å². The van der Waals surface area contributed by atoms with Crippen molar-refractivity contribution in [2.75, 3.05) is 38.0 Å². The van der Waals surface area contributed by atoms with Crippen molar-refractivity contribution in [2.45, 2.75) is 111 Å². The summed E-state index contributed by atoms with van der Waals surface area (Å²) in [7, 11) is -5.14. The van der Waals surface area contributed by atoms with E-state index in [2.05, 4.69) is 26.1 Å². The number of carbonyl (C=O) groups excluding carboxylic acids is 6. The zero-order valence-electron chi connectivity index (χ0n) is 32.7. The fraction of sp³-hybridized carbons (Fsp3) is 0.688. The van der Waals surface area contributed by atoms with Crippen molar-refractivity contribution in [1.82, 2.24) is 29.7 Å². The van der Waals surface area contributed by atoms with Crippen molar-refractivity contribution < 1.29 is 60.8 Å². The SMILES string of the molecule is CC(C)(C)OC(=O)NCCN1CCN(C[C@@H]2[C@H](NC(=O)C(=NOC(C)(C)C(=O)OC(C)(C)C)c3csc(NC(=O)OC(C)(C)C)n3)C(=O)N2S(=O)(=O)O)C1=O. The van der Waals surface area contributed by atoms with Gasteiger partial charge in [0.2, 0.25) is 5.60 Å². The number of hydrogen-bond donors (Lipinski definition) is 4. The maximum absolute atomic E-state index is 13.8. The molecule has 2 atom stereocenters. The molecule has 2 aliphatic rings. The molecule has 1 aromatic heterocycles. The number of β-lactam (4-membered cyclic amide) rings is 1. The number of ether oxygens (including phenoxy) is 3. The Morgan fingerprint density at radius 3 is 2.04 bits per heavy atom. The Kier molecular flexibility index (Phi) is 13.4. The fourth-order valence-electron chi connectivity index (χ4n) is 4.83. The first-order valence-electron chi connectivity index (χ1n) is 17.1. The molecule has 4 N–H and O–H groups in total. The van der Waals surface area contributed by atoms with Crippen LogP contribution in [0.15, 0.2) is 10.5 Å². The second kappa shape index (κ2) is 16.5. The lowest BCUT2D eigenvalue weighted by atomic mass is 9.97. The van der Waals surface area contributed by atoms with Gasteiger partial charge in [-0.2, -0.15) is 8.42 Å². The van der Waals surface area contributed by atoms with Gasteiger partial charge in [0.25, 0.3) is 11.8 Å². The minimum atomic E-state index is -5.14. The molecule has 21 nitrogen and oxygen atoms in total. The molecule has 2 aliphatic heterocycles. The minimum Gasteiger partial charge on any atom is -0.457 e. The second-order valence-corrected chi connectivity index (χ2v) is 18.1. The third-order valence-electron chi connectivity index (χ3n) is 7.17. The van der Waals surface area contributed by atoms with Crippen molar-refractivity contribution in [1.29, 1.82) is 0 Å². The van der Waals surface area contributed by atoms with Crippen LogP contribution < -0.4 is 16.0 Å². The highest BCUT2D eigenvalue weighted by molar-refractivity contribution is 7.84. The quantitative estimate of drug-likeness (QED) is 0.0555. The number of hydrogen-bond acceptors (Lipinski definition) is 15. The number of aromatic nitrogens is 1. The molecule has 6 amide bonds. The lowest BCUT2D eigenvalue weighted by molar-refractivity contribution is -0.179. The van der Waals surface area contributed by atoms with E-state index < -0.39 is 93.0 Å². The Morgan fingerprint density at radius 2 is 1.47 bits per heavy atom. The van der Waals surface area contributed by atoms with Crippen LogP contribution in [0.3, 0.4) is 0 Å². The summed E-state index contributed by atoms with van der Waals surface area (Å²) in [5.41, 5.74) is -5.00. The molecule has 3 heterocycles. The number of oxime groups is 1. The van der Waals surface area contributed by atoms with E-state index in [1.54, 1.807) is 62.3 Å². The number of alkyl carbamates (subject to hydrolysis) is 1. The monoisotopic (exact) mass is 818 g/mol. The van der Waals surface area contributed by atoms with Crippen molar-refractivity contribution >= 4 is 68.5 Å². The molecule has 2 saturated heterocycles. The Bertz CT molecular complexity index is 1790. The van der Waals surface area contributed by atoms with Gasteiger partial charge < -0.3 is 39.5 Å². The lowest BCUT2D eigenvalue weighted by Crippen LogP contribution is -2.74. The van der Waals surface area contributed by atoms with Crippen LogP contribution in [0, 0.1) is 0 Å². The predicted molar refractivity (Wildman–Crippen MR) is 196 cm³/mol. The lowest BCUT2D eigenvalue weighted by Gasteiger charge is -2.45. The zero-order valence-corrected chi connectivity index (χ0v) is 34.3. The average molecular weight is 819 g/mol. The van der Waals surface area contributed by atoms with Crippen molar-refractivity contribution in [3.63, 3.8) is 0 Å². The van der Waals surface area contributed by atoms with Crippen LogP contribution >= 0.6 is 11.3 Å². The van der Waals surface area contributed by atoms with Crippen LogP contribution in [-0.2, 0) is 43.7 Å². The van der Waals surface area contributed by atoms with Gasteiger partial charge in [0.15, 0.2) is 10.8 Å². The molecule has 0 radical (unpaired) electrons. The van der Waals surface area contributed by atoms with Gasteiger partial charge in [-0.25, -0.2) is 28.5 Å². The summed E-state index contributed by atoms with van der Waals surface area (Å²) < 4.78 is 50.3. The van der Waals surface area contributed by atoms with E-state index >= 15 is 0 Å². The van der Waals surface area contributed by atoms with Gasteiger partial charge in [0.05, 0.1) is 6.04 Å². The summed E-state index contributed by atoms with van der Waals surface area (Å²) in [6.45, 7) is 17.6. The molecule has 0 aliphatic carbocycles. The Labute approximate surface area is 323 Å². The summed E-state index contributed by atoms with van der Waals surface area (Å²) in [6, 6.07) is -3.62. The molecule has 0 spiro atoms. The van der Waals surface area contributed by atoms with Crippen LogP contribution in [0.25, 0.3) is 0 Å². The summed E-state index contributed by atoms with van der Waals surface area (Å²) >= 11 is 0.874. The maximum Gasteiger partial charge on any atom is 0.413 e. The normalized spacial score (nSPS) is 18.4. The smallest absolute Gasteiger partial charge is 0.413 e. The molecular formula is C32H50N8O13S2. The van der Waals surface area contributed by atoms with E-state index in [0.717, 1.165) is 11.3 Å². The molecule has 2 fully saturated rings. The van der Waals surface area contributed by atoms with Crippen LogP contribution in [0.1, 0.15) is 81.9 Å². The molecule has 0 bridgehead atoms. The number of nitrogens with zero attached hydrogens (tertiary/aromatic N) is 5. The standard InChI is InChI=1S/C32H50N8O13S2/c1-29(2,3)50-24(43)32(10,11)53-37-20(18-17-54-25(34-18)36-27(45)52-31(7,8)9)22(41)35-21-19(40(23(21)42)55(47,48)49)16-39-15-14-38(28(39)46)13-12-33-26(44)51-30(4,5)6/h17,19,21H,12-16H2,1-11H3,(H,33,44)(H,35,41)(H,34,36,45)(H,47,48,49)/t19-,21+/m1/s1. The van der Waals surface area contributed by atoms with Gasteiger partial charge in [0, 0.05) is 38.1 Å². The predicted octanol–water partition coefficient (Wildman–Crippen LogP) is 2.09. The maximum atomic E-state index is 13.8. The summed E-state index contributed by atoms with van der Waals surface area (Å²) in [4.78, 5) is 89.6. The Balaban J connectivity index is 1.84. The average Bonchev–Trinajstić information content (AvgIpc) is 3.58. The largest absolute Gasteiger partial charge is 0.457 e. The van der Waals surface area contributed by atoms with Gasteiger partial charge >= 0.3 is 34.5 Å². The number of nitrogens with one attached hydrogen (secondary N) is 3. The third kappa shape index (κ3) is 12.9. The topological polar surface area (TPSA) is 265 Å². The molecule has 0 saturated carbocycles. The third-order valence-corrected chi connectivity index (χ3v) is 8.87. The number of amides is 6. The molecule has 0 unspecified atom stereocenters. The Morgan fingerprint density at radius 1 is 0.909 bits per heavy atom. The number of carbonyl (C=O) groups is 6. The zero-order chi connectivity index (χ0) is 41.9. The van der Waals surface area contributed by atoms with Crippen molar-refractivity contribution in [2.24, 2.45) is 5.16 Å². The van der Waals surface area contributed by atoms with Crippen molar-refractivity contribution in [3.05, 3.63) is 11.1 Å². The molecule has 1 aromatic rings. The van der Waals surface area contributed by atoms with E-state index in [1.807, 2.05) is 0 Å². The van der Waals surface area contributed by atoms with Gasteiger partial charge in [-0.05, 0) is 76.2 Å². The molecule has 3 rings (SSSR count). The molecule has 308 valence electrons. The number of thiazole rings is 1. The molecular weight excluding hydrogens is 769 g/mol. The van der Waals surface area contributed by atoms with Crippen LogP contribution in [0.4, 0.5) is 19.5 Å². The molecule has 0 aromatic carbocycles. The highest BCUT2D eigenvalue weighted by Crippen LogP contribution is 2.27. The second-order valence-electron chi connectivity index (χ2n) is 16.0. The summed E-state index contributed by atoms with van der Waals surface area (Å²) in [6.07, 6.45) is -1.53. The van der Waals surface area contributed by atoms with Gasteiger partial charge in [-0.15, -0.1) is 11.3 Å². The highest BCUT2D eigenvalue weighted by Gasteiger charge is 2.55. The first-order chi connectivity index (χ1) is 25.0. The first kappa shape index (κ1) is 44.6. The van der Waals surface area contributed by atoms with E-state index in [1.165, 1.54) is 29.0 Å². The van der Waals surface area contributed by atoms with E-state index in [-0.39, 0.29) is 41.3 Å².